The van der Waals surface area contributed by atoms with Crippen LogP contribution in [0, 0.1) is 0 Å². The third kappa shape index (κ3) is 2.79. The van der Waals surface area contributed by atoms with Gasteiger partial charge >= 0.3 is 0 Å². The minimum Gasteiger partial charge on any atom is -0.488 e. The van der Waals surface area contributed by atoms with Gasteiger partial charge in [-0.15, -0.1) is 0 Å². The second kappa shape index (κ2) is 4.67. The van der Waals surface area contributed by atoms with E-state index in [2.05, 4.69) is 13.8 Å². The van der Waals surface area contributed by atoms with Crippen LogP contribution >= 0.6 is 0 Å². The normalized spacial score (nSPS) is 19.3. The minimum absolute atomic E-state index is 0.0790. The van der Waals surface area contributed by atoms with E-state index in [1.54, 1.807) is 0 Å². The molecule has 1 aromatic carbocycles. The van der Waals surface area contributed by atoms with Gasteiger partial charge in [-0.25, -0.2) is 0 Å². The molecule has 0 aliphatic carbocycles. The van der Waals surface area contributed by atoms with Crippen LogP contribution in [0.1, 0.15) is 43.9 Å². The summed E-state index contributed by atoms with van der Waals surface area (Å²) < 4.78 is 5.91. The van der Waals surface area contributed by atoms with E-state index in [0.29, 0.717) is 13.0 Å². The maximum absolute atomic E-state index is 9.90. The minimum atomic E-state index is -0.458. The van der Waals surface area contributed by atoms with E-state index in [1.165, 1.54) is 5.56 Å². The second-order valence-corrected chi connectivity index (χ2v) is 5.32. The van der Waals surface area contributed by atoms with Crippen LogP contribution in [-0.2, 0) is 6.42 Å². The largest absolute Gasteiger partial charge is 0.488 e. The molecule has 94 valence electrons. The summed E-state index contributed by atoms with van der Waals surface area (Å²) in [5, 5.41) is 9.90. The summed E-state index contributed by atoms with van der Waals surface area (Å²) in [5.41, 5.74) is 7.51. The summed E-state index contributed by atoms with van der Waals surface area (Å²) >= 11 is 0. The smallest absolute Gasteiger partial charge is 0.123 e. The first-order valence-electron chi connectivity index (χ1n) is 6.22. The van der Waals surface area contributed by atoms with Gasteiger partial charge < -0.3 is 15.6 Å². The maximum Gasteiger partial charge on any atom is 0.123 e. The SMILES string of the molecule is CC1(C)CCc2cc([C@@H](O)CCN)ccc2O1. The molecule has 1 aromatic rings. The average Bonchev–Trinajstić information content (AvgIpc) is 2.27. The number of rotatable bonds is 3. The van der Waals surface area contributed by atoms with Crippen molar-refractivity contribution in [1.82, 2.24) is 0 Å². The van der Waals surface area contributed by atoms with Crippen molar-refractivity contribution < 1.29 is 9.84 Å². The number of benzene rings is 1. The van der Waals surface area contributed by atoms with E-state index < -0.39 is 6.10 Å². The lowest BCUT2D eigenvalue weighted by atomic mass is 9.92. The van der Waals surface area contributed by atoms with E-state index in [-0.39, 0.29) is 5.60 Å². The van der Waals surface area contributed by atoms with Gasteiger partial charge in [-0.1, -0.05) is 6.07 Å². The van der Waals surface area contributed by atoms with Gasteiger partial charge in [0.1, 0.15) is 11.4 Å². The summed E-state index contributed by atoms with van der Waals surface area (Å²) in [6.07, 6.45) is 2.16. The Labute approximate surface area is 103 Å². The third-order valence-corrected chi connectivity index (χ3v) is 3.29. The van der Waals surface area contributed by atoms with Gasteiger partial charge in [-0.2, -0.15) is 0 Å². The predicted octanol–water partition coefficient (Wildman–Crippen LogP) is 2.17. The van der Waals surface area contributed by atoms with Crippen molar-refractivity contribution in [3.8, 4) is 5.75 Å². The van der Waals surface area contributed by atoms with E-state index in [9.17, 15) is 5.11 Å². The molecule has 1 aliphatic heterocycles. The number of hydrogen-bond donors (Lipinski definition) is 2. The lowest BCUT2D eigenvalue weighted by Gasteiger charge is -2.33. The van der Waals surface area contributed by atoms with E-state index in [1.807, 2.05) is 18.2 Å². The highest BCUT2D eigenvalue weighted by molar-refractivity contribution is 5.40. The van der Waals surface area contributed by atoms with E-state index in [4.69, 9.17) is 10.5 Å². The standard InChI is InChI=1S/C14H21NO2/c1-14(2)7-5-11-9-10(12(16)6-8-15)3-4-13(11)17-14/h3-4,9,12,16H,5-8,15H2,1-2H3/t12-/m0/s1. The van der Waals surface area contributed by atoms with Gasteiger partial charge in [-0.05, 0) is 62.9 Å². The Hall–Kier alpha value is -1.06. The van der Waals surface area contributed by atoms with Crippen LogP contribution < -0.4 is 10.5 Å². The number of fused-ring (bicyclic) bond motifs is 1. The number of hydrogen-bond acceptors (Lipinski definition) is 3. The Kier molecular flexibility index (Phi) is 3.40. The van der Waals surface area contributed by atoms with Gasteiger partial charge in [0.2, 0.25) is 0 Å². The molecule has 17 heavy (non-hydrogen) atoms. The average molecular weight is 235 g/mol. The van der Waals surface area contributed by atoms with Crippen LogP contribution in [0.3, 0.4) is 0 Å². The van der Waals surface area contributed by atoms with Crippen molar-refractivity contribution in [2.24, 2.45) is 5.73 Å². The molecule has 3 heteroatoms. The lowest BCUT2D eigenvalue weighted by Crippen LogP contribution is -2.32. The first kappa shape index (κ1) is 12.4. The van der Waals surface area contributed by atoms with E-state index >= 15 is 0 Å². The van der Waals surface area contributed by atoms with Gasteiger partial charge in [0.15, 0.2) is 0 Å². The topological polar surface area (TPSA) is 55.5 Å². The Bertz CT molecular complexity index is 401. The first-order chi connectivity index (χ1) is 8.02. The Balaban J connectivity index is 2.21. The molecule has 1 aliphatic rings. The lowest BCUT2D eigenvalue weighted by molar-refractivity contribution is 0.0844. The zero-order chi connectivity index (χ0) is 12.5. The molecule has 0 radical (unpaired) electrons. The van der Waals surface area contributed by atoms with Crippen LogP contribution in [0.4, 0.5) is 0 Å². The summed E-state index contributed by atoms with van der Waals surface area (Å²) in [6.45, 7) is 4.71. The molecule has 3 N–H and O–H groups in total. The van der Waals surface area contributed by atoms with Crippen LogP contribution in [0.5, 0.6) is 5.75 Å². The number of aliphatic hydroxyl groups is 1. The summed E-state index contributed by atoms with van der Waals surface area (Å²) in [6, 6.07) is 5.94. The fourth-order valence-electron chi connectivity index (χ4n) is 2.21. The van der Waals surface area contributed by atoms with Gasteiger partial charge in [0, 0.05) is 0 Å². The van der Waals surface area contributed by atoms with Crippen molar-refractivity contribution in [1.29, 1.82) is 0 Å². The quantitative estimate of drug-likeness (QED) is 0.844. The molecule has 0 bridgehead atoms. The molecular formula is C14H21NO2. The molecule has 2 rings (SSSR count). The maximum atomic E-state index is 9.90. The van der Waals surface area contributed by atoms with Gasteiger partial charge in [0.25, 0.3) is 0 Å². The monoisotopic (exact) mass is 235 g/mol. The molecule has 0 saturated heterocycles. The van der Waals surface area contributed by atoms with Crippen LogP contribution in [0.25, 0.3) is 0 Å². The van der Waals surface area contributed by atoms with E-state index in [0.717, 1.165) is 24.2 Å². The molecule has 1 heterocycles. The molecule has 0 amide bonds. The van der Waals surface area contributed by atoms with Crippen molar-refractivity contribution in [3.63, 3.8) is 0 Å². The van der Waals surface area contributed by atoms with Gasteiger partial charge in [0.05, 0.1) is 6.10 Å². The van der Waals surface area contributed by atoms with Crippen molar-refractivity contribution >= 4 is 0 Å². The zero-order valence-corrected chi connectivity index (χ0v) is 10.6. The molecular weight excluding hydrogens is 214 g/mol. The first-order valence-corrected chi connectivity index (χ1v) is 6.22. The summed E-state index contributed by atoms with van der Waals surface area (Å²) in [4.78, 5) is 0. The fourth-order valence-corrected chi connectivity index (χ4v) is 2.21. The zero-order valence-electron chi connectivity index (χ0n) is 10.6. The molecule has 0 unspecified atom stereocenters. The summed E-state index contributed by atoms with van der Waals surface area (Å²) in [5.74, 6) is 0.949. The highest BCUT2D eigenvalue weighted by atomic mass is 16.5. The Morgan fingerprint density at radius 1 is 1.47 bits per heavy atom. The van der Waals surface area contributed by atoms with Gasteiger partial charge in [-0.3, -0.25) is 0 Å². The number of ether oxygens (including phenoxy) is 1. The number of aryl methyl sites for hydroxylation is 1. The molecule has 3 nitrogen and oxygen atoms in total. The van der Waals surface area contributed by atoms with Crippen LogP contribution in [0.15, 0.2) is 18.2 Å². The third-order valence-electron chi connectivity index (χ3n) is 3.29. The molecule has 0 fully saturated rings. The number of nitrogens with two attached hydrogens (primary N) is 1. The van der Waals surface area contributed by atoms with Crippen LogP contribution in [-0.4, -0.2) is 17.3 Å². The van der Waals surface area contributed by atoms with Crippen molar-refractivity contribution in [3.05, 3.63) is 29.3 Å². The highest BCUT2D eigenvalue weighted by Crippen LogP contribution is 2.34. The fraction of sp³-hybridized carbons (Fsp3) is 0.571. The van der Waals surface area contributed by atoms with Crippen molar-refractivity contribution in [2.75, 3.05) is 6.54 Å². The molecule has 0 spiro atoms. The predicted molar refractivity (Wildman–Crippen MR) is 68.1 cm³/mol. The molecule has 0 aromatic heterocycles. The number of aliphatic hydroxyl groups excluding tert-OH is 1. The van der Waals surface area contributed by atoms with Crippen LogP contribution in [0.2, 0.25) is 0 Å². The van der Waals surface area contributed by atoms with Crippen molar-refractivity contribution in [2.45, 2.75) is 44.8 Å². The Morgan fingerprint density at radius 3 is 2.94 bits per heavy atom. The molecule has 0 saturated carbocycles. The molecule has 1 atom stereocenters. The second-order valence-electron chi connectivity index (χ2n) is 5.32. The summed E-state index contributed by atoms with van der Waals surface area (Å²) in [7, 11) is 0. The Morgan fingerprint density at radius 2 is 2.24 bits per heavy atom. The highest BCUT2D eigenvalue weighted by Gasteiger charge is 2.26.